The van der Waals surface area contributed by atoms with E-state index in [4.69, 9.17) is 9.47 Å². The van der Waals surface area contributed by atoms with Gasteiger partial charge in [0.05, 0.1) is 25.9 Å². The number of hydrogen-bond donors (Lipinski definition) is 0. The number of hydrogen-bond acceptors (Lipinski definition) is 4. The van der Waals surface area contributed by atoms with E-state index >= 15 is 0 Å². The average molecular weight is 308 g/mol. The molecule has 0 bridgehead atoms. The Morgan fingerprint density at radius 3 is 2.59 bits per heavy atom. The number of nitrogens with zero attached hydrogens (tertiary/aromatic N) is 2. The van der Waals surface area contributed by atoms with Gasteiger partial charge in [-0.25, -0.2) is 4.79 Å². The summed E-state index contributed by atoms with van der Waals surface area (Å²) in [6.45, 7) is 9.84. The monoisotopic (exact) mass is 308 g/mol. The molecular formula is C17H28N2O3. The molecule has 1 fully saturated rings. The maximum Gasteiger partial charge on any atom is 0.339 e. The van der Waals surface area contributed by atoms with E-state index < -0.39 is 0 Å². The third-order valence-electron chi connectivity index (χ3n) is 4.29. The number of aromatic nitrogens is 1. The van der Waals surface area contributed by atoms with Crippen molar-refractivity contribution in [3.05, 3.63) is 23.0 Å². The van der Waals surface area contributed by atoms with Crippen molar-refractivity contribution in [1.82, 2.24) is 9.47 Å². The van der Waals surface area contributed by atoms with Crippen LogP contribution in [0.25, 0.3) is 0 Å². The first-order chi connectivity index (χ1) is 10.7. The zero-order valence-electron chi connectivity index (χ0n) is 14.1. The molecule has 1 saturated heterocycles. The maximum absolute atomic E-state index is 12.0. The van der Waals surface area contributed by atoms with E-state index in [1.807, 2.05) is 6.07 Å². The maximum atomic E-state index is 12.0. The Balaban J connectivity index is 2.19. The number of rotatable bonds is 7. The molecule has 0 aliphatic carbocycles. The van der Waals surface area contributed by atoms with Gasteiger partial charge in [-0.3, -0.25) is 4.90 Å². The van der Waals surface area contributed by atoms with Gasteiger partial charge in [0.1, 0.15) is 0 Å². The second-order valence-corrected chi connectivity index (χ2v) is 5.70. The van der Waals surface area contributed by atoms with Gasteiger partial charge in [-0.2, -0.15) is 0 Å². The highest BCUT2D eigenvalue weighted by atomic mass is 16.5. The Hall–Kier alpha value is -1.33. The van der Waals surface area contributed by atoms with Crippen LogP contribution < -0.4 is 0 Å². The van der Waals surface area contributed by atoms with Crippen molar-refractivity contribution >= 4 is 5.97 Å². The zero-order valence-corrected chi connectivity index (χ0v) is 14.1. The number of carbonyl (C=O) groups is 1. The molecule has 0 atom stereocenters. The van der Waals surface area contributed by atoms with Crippen LogP contribution in [0.15, 0.2) is 6.07 Å². The summed E-state index contributed by atoms with van der Waals surface area (Å²) in [6, 6.07) is 2.01. The number of ether oxygens (including phenoxy) is 2. The van der Waals surface area contributed by atoms with Crippen LogP contribution in [0.2, 0.25) is 0 Å². The van der Waals surface area contributed by atoms with Crippen molar-refractivity contribution in [2.75, 3.05) is 40.0 Å². The lowest BCUT2D eigenvalue weighted by Crippen LogP contribution is -2.38. The third-order valence-corrected chi connectivity index (χ3v) is 4.29. The number of morpholine rings is 1. The van der Waals surface area contributed by atoms with Gasteiger partial charge in [-0.05, 0) is 18.9 Å². The van der Waals surface area contributed by atoms with Crippen LogP contribution in [0.1, 0.15) is 42.0 Å². The Morgan fingerprint density at radius 1 is 1.27 bits per heavy atom. The van der Waals surface area contributed by atoms with Gasteiger partial charge in [0.15, 0.2) is 0 Å². The highest BCUT2D eigenvalue weighted by Gasteiger charge is 2.20. The molecule has 0 spiro atoms. The normalized spacial score (nSPS) is 16.0. The van der Waals surface area contributed by atoms with Crippen LogP contribution >= 0.6 is 0 Å². The van der Waals surface area contributed by atoms with E-state index in [9.17, 15) is 4.79 Å². The van der Waals surface area contributed by atoms with Gasteiger partial charge in [0.2, 0.25) is 0 Å². The zero-order chi connectivity index (χ0) is 15.9. The summed E-state index contributed by atoms with van der Waals surface area (Å²) in [7, 11) is 1.45. The van der Waals surface area contributed by atoms with Crippen LogP contribution in [0.3, 0.4) is 0 Å². The van der Waals surface area contributed by atoms with E-state index in [-0.39, 0.29) is 5.97 Å². The molecule has 124 valence electrons. The Labute approximate surface area is 133 Å². The number of methoxy groups -OCH3 is 1. The smallest absolute Gasteiger partial charge is 0.339 e. The minimum atomic E-state index is -0.219. The van der Waals surface area contributed by atoms with E-state index in [2.05, 4.69) is 23.3 Å². The summed E-state index contributed by atoms with van der Waals surface area (Å²) in [5, 5.41) is 0. The molecule has 0 radical (unpaired) electrons. The molecular weight excluding hydrogens is 280 g/mol. The molecule has 2 rings (SSSR count). The second-order valence-electron chi connectivity index (χ2n) is 5.70. The van der Waals surface area contributed by atoms with Gasteiger partial charge in [0, 0.05) is 37.6 Å². The predicted octanol–water partition coefficient (Wildman–Crippen LogP) is 2.12. The van der Waals surface area contributed by atoms with Gasteiger partial charge in [-0.1, -0.05) is 20.3 Å². The van der Waals surface area contributed by atoms with Crippen molar-refractivity contribution in [3.8, 4) is 0 Å². The minimum absolute atomic E-state index is 0.219. The lowest BCUT2D eigenvalue weighted by atomic mass is 10.1. The van der Waals surface area contributed by atoms with Gasteiger partial charge < -0.3 is 14.0 Å². The molecule has 1 aromatic rings. The first-order valence-corrected chi connectivity index (χ1v) is 8.30. The minimum Gasteiger partial charge on any atom is -0.465 e. The van der Waals surface area contributed by atoms with Gasteiger partial charge >= 0.3 is 5.97 Å². The second kappa shape index (κ2) is 8.34. The summed E-state index contributed by atoms with van der Waals surface area (Å²) in [6.07, 6.45) is 2.86. The molecule has 5 nitrogen and oxygen atoms in total. The Bertz CT molecular complexity index is 490. The lowest BCUT2D eigenvalue weighted by molar-refractivity contribution is 0.0362. The molecule has 1 aliphatic rings. The van der Waals surface area contributed by atoms with Crippen molar-refractivity contribution in [2.24, 2.45) is 0 Å². The fourth-order valence-electron chi connectivity index (χ4n) is 3.08. The number of carbonyl (C=O) groups excluding carboxylic acids is 1. The molecule has 5 heteroatoms. The summed E-state index contributed by atoms with van der Waals surface area (Å²) in [5.41, 5.74) is 3.08. The molecule has 1 aliphatic heterocycles. The average Bonchev–Trinajstić information content (AvgIpc) is 2.91. The Morgan fingerprint density at radius 2 is 2.00 bits per heavy atom. The van der Waals surface area contributed by atoms with Gasteiger partial charge in [0.25, 0.3) is 0 Å². The van der Waals surface area contributed by atoms with Crippen LogP contribution in [-0.4, -0.2) is 55.4 Å². The van der Waals surface area contributed by atoms with Crippen LogP contribution in [0, 0.1) is 0 Å². The number of esters is 1. The number of aryl methyl sites for hydroxylation is 1. The van der Waals surface area contributed by atoms with Gasteiger partial charge in [-0.15, -0.1) is 0 Å². The van der Waals surface area contributed by atoms with E-state index in [1.54, 1.807) is 0 Å². The summed E-state index contributed by atoms with van der Waals surface area (Å²) < 4.78 is 12.7. The summed E-state index contributed by atoms with van der Waals surface area (Å²) >= 11 is 0. The SMILES string of the molecule is CCCc1c(C(=O)OC)cc(CC)n1CCN1CCOCC1. The summed E-state index contributed by atoms with van der Waals surface area (Å²) in [4.78, 5) is 14.5. The predicted molar refractivity (Wildman–Crippen MR) is 86.4 cm³/mol. The molecule has 2 heterocycles. The van der Waals surface area contributed by atoms with E-state index in [0.717, 1.165) is 69.9 Å². The third kappa shape index (κ3) is 3.90. The molecule has 1 aromatic heterocycles. The van der Waals surface area contributed by atoms with Crippen LogP contribution in [0.5, 0.6) is 0 Å². The van der Waals surface area contributed by atoms with E-state index in [1.165, 1.54) is 12.8 Å². The summed E-state index contributed by atoms with van der Waals surface area (Å²) in [5.74, 6) is -0.219. The van der Waals surface area contributed by atoms with Crippen LogP contribution in [0.4, 0.5) is 0 Å². The first kappa shape index (κ1) is 17.0. The fraction of sp³-hybridized carbons (Fsp3) is 0.706. The molecule has 0 N–H and O–H groups in total. The molecule has 0 aromatic carbocycles. The van der Waals surface area contributed by atoms with Crippen molar-refractivity contribution in [1.29, 1.82) is 0 Å². The molecule has 0 amide bonds. The fourth-order valence-corrected chi connectivity index (χ4v) is 3.08. The molecule has 22 heavy (non-hydrogen) atoms. The highest BCUT2D eigenvalue weighted by Crippen LogP contribution is 2.20. The molecule has 0 unspecified atom stereocenters. The largest absolute Gasteiger partial charge is 0.465 e. The van der Waals surface area contributed by atoms with Crippen molar-refractivity contribution in [3.63, 3.8) is 0 Å². The Kier molecular flexibility index (Phi) is 6.46. The lowest BCUT2D eigenvalue weighted by Gasteiger charge is -2.27. The topological polar surface area (TPSA) is 43.7 Å². The standard InChI is InChI=1S/C17H28N2O3/c1-4-6-16-15(17(20)21-3)13-14(5-2)19(16)8-7-18-9-11-22-12-10-18/h13H,4-12H2,1-3H3. The quantitative estimate of drug-likeness (QED) is 0.724. The molecule has 0 saturated carbocycles. The van der Waals surface area contributed by atoms with Crippen LogP contribution in [-0.2, 0) is 28.9 Å². The van der Waals surface area contributed by atoms with Crippen molar-refractivity contribution < 1.29 is 14.3 Å². The van der Waals surface area contributed by atoms with E-state index in [0.29, 0.717) is 0 Å². The van der Waals surface area contributed by atoms with Crippen molar-refractivity contribution in [2.45, 2.75) is 39.7 Å². The first-order valence-electron chi connectivity index (χ1n) is 8.30. The highest BCUT2D eigenvalue weighted by molar-refractivity contribution is 5.91.